The molecule has 0 aromatic carbocycles. The van der Waals surface area contributed by atoms with Crippen molar-refractivity contribution in [3.63, 3.8) is 0 Å². The van der Waals surface area contributed by atoms with Gasteiger partial charge in [0.05, 0.1) is 5.69 Å². The highest BCUT2D eigenvalue weighted by Gasteiger charge is 2.18. The van der Waals surface area contributed by atoms with E-state index in [1.807, 2.05) is 0 Å². The summed E-state index contributed by atoms with van der Waals surface area (Å²) in [4.78, 5) is 4.83. The Kier molecular flexibility index (Phi) is 6.54. The maximum Gasteiger partial charge on any atom is 0.109 e. The SMILES string of the molecule is CCCCOCCCn1c(CCC)nc2c1CCNC2. The van der Waals surface area contributed by atoms with E-state index in [0.717, 1.165) is 58.5 Å². The number of ether oxygens (including phenoxy) is 1. The molecule has 4 heteroatoms. The smallest absolute Gasteiger partial charge is 0.109 e. The first-order chi connectivity index (χ1) is 9.86. The van der Waals surface area contributed by atoms with Gasteiger partial charge in [0.1, 0.15) is 5.82 Å². The zero-order valence-electron chi connectivity index (χ0n) is 13.1. The number of aromatic nitrogens is 2. The molecule has 1 aromatic rings. The van der Waals surface area contributed by atoms with Gasteiger partial charge in [-0.3, -0.25) is 0 Å². The predicted molar refractivity (Wildman–Crippen MR) is 82.0 cm³/mol. The van der Waals surface area contributed by atoms with Crippen LogP contribution in [0.1, 0.15) is 56.7 Å². The van der Waals surface area contributed by atoms with Crippen LogP contribution in [0.5, 0.6) is 0 Å². The summed E-state index contributed by atoms with van der Waals surface area (Å²) in [6.07, 6.45) is 6.84. The number of fused-ring (bicyclic) bond motifs is 1. The van der Waals surface area contributed by atoms with Gasteiger partial charge in [0.15, 0.2) is 0 Å². The molecule has 0 amide bonds. The zero-order valence-corrected chi connectivity index (χ0v) is 13.1. The third-order valence-electron chi connectivity index (χ3n) is 3.85. The zero-order chi connectivity index (χ0) is 14.2. The van der Waals surface area contributed by atoms with E-state index in [9.17, 15) is 0 Å². The van der Waals surface area contributed by atoms with Gasteiger partial charge in [0.2, 0.25) is 0 Å². The summed E-state index contributed by atoms with van der Waals surface area (Å²) in [5.74, 6) is 1.27. The van der Waals surface area contributed by atoms with E-state index in [-0.39, 0.29) is 0 Å². The number of rotatable bonds is 9. The summed E-state index contributed by atoms with van der Waals surface area (Å²) < 4.78 is 8.13. The lowest BCUT2D eigenvalue weighted by atomic mass is 10.2. The summed E-state index contributed by atoms with van der Waals surface area (Å²) in [7, 11) is 0. The largest absolute Gasteiger partial charge is 0.381 e. The second-order valence-corrected chi connectivity index (χ2v) is 5.57. The van der Waals surface area contributed by atoms with Gasteiger partial charge in [-0.15, -0.1) is 0 Å². The van der Waals surface area contributed by atoms with Crippen molar-refractivity contribution in [2.45, 2.75) is 65.5 Å². The molecule has 0 saturated carbocycles. The molecule has 0 radical (unpaired) electrons. The van der Waals surface area contributed by atoms with Crippen LogP contribution in [-0.2, 0) is 30.7 Å². The van der Waals surface area contributed by atoms with Crippen molar-refractivity contribution < 1.29 is 4.74 Å². The van der Waals surface area contributed by atoms with Crippen LogP contribution in [0.25, 0.3) is 0 Å². The van der Waals surface area contributed by atoms with E-state index in [1.54, 1.807) is 0 Å². The second kappa shape index (κ2) is 8.42. The molecule has 1 aromatic heterocycles. The third kappa shape index (κ3) is 4.06. The molecule has 0 spiro atoms. The van der Waals surface area contributed by atoms with Gasteiger partial charge in [-0.1, -0.05) is 20.3 Å². The minimum absolute atomic E-state index is 0.872. The number of hydrogen-bond donors (Lipinski definition) is 1. The van der Waals surface area contributed by atoms with E-state index in [0.29, 0.717) is 0 Å². The Morgan fingerprint density at radius 2 is 2.05 bits per heavy atom. The molecule has 0 aliphatic carbocycles. The first kappa shape index (κ1) is 15.5. The summed E-state index contributed by atoms with van der Waals surface area (Å²) in [6.45, 7) is 9.28. The van der Waals surface area contributed by atoms with Crippen molar-refractivity contribution in [2.75, 3.05) is 19.8 Å². The molecule has 2 heterocycles. The average Bonchev–Trinajstić information content (AvgIpc) is 2.81. The highest BCUT2D eigenvalue weighted by Crippen LogP contribution is 2.18. The van der Waals surface area contributed by atoms with E-state index in [2.05, 4.69) is 23.7 Å². The van der Waals surface area contributed by atoms with E-state index < -0.39 is 0 Å². The molecule has 2 rings (SSSR count). The van der Waals surface area contributed by atoms with Crippen LogP contribution in [-0.4, -0.2) is 29.3 Å². The van der Waals surface area contributed by atoms with Gasteiger partial charge in [0.25, 0.3) is 0 Å². The Labute approximate surface area is 122 Å². The van der Waals surface area contributed by atoms with Gasteiger partial charge in [-0.25, -0.2) is 4.98 Å². The van der Waals surface area contributed by atoms with Gasteiger partial charge >= 0.3 is 0 Å². The molecule has 20 heavy (non-hydrogen) atoms. The quantitative estimate of drug-likeness (QED) is 0.706. The van der Waals surface area contributed by atoms with Gasteiger partial charge in [0, 0.05) is 51.4 Å². The molecular formula is C16H29N3O. The molecular weight excluding hydrogens is 250 g/mol. The molecule has 0 unspecified atom stereocenters. The Morgan fingerprint density at radius 3 is 2.85 bits per heavy atom. The lowest BCUT2D eigenvalue weighted by Crippen LogP contribution is -2.25. The maximum absolute atomic E-state index is 5.67. The van der Waals surface area contributed by atoms with Gasteiger partial charge in [-0.2, -0.15) is 0 Å². The summed E-state index contributed by atoms with van der Waals surface area (Å²) in [5, 5.41) is 3.41. The fraction of sp³-hybridized carbons (Fsp3) is 0.812. The standard InChI is InChI=1S/C16H29N3O/c1-3-5-11-20-12-6-10-19-15-8-9-17-13-14(15)18-16(19)7-4-2/h17H,3-13H2,1-2H3. The van der Waals surface area contributed by atoms with Crippen LogP contribution in [0, 0.1) is 0 Å². The van der Waals surface area contributed by atoms with Crippen molar-refractivity contribution in [1.29, 1.82) is 0 Å². The van der Waals surface area contributed by atoms with Crippen LogP contribution >= 0.6 is 0 Å². The number of unbranched alkanes of at least 4 members (excludes halogenated alkanes) is 1. The Morgan fingerprint density at radius 1 is 1.20 bits per heavy atom. The Balaban J connectivity index is 1.89. The normalized spacial score (nSPS) is 14.5. The van der Waals surface area contributed by atoms with Crippen molar-refractivity contribution in [3.8, 4) is 0 Å². The molecule has 0 fully saturated rings. The summed E-state index contributed by atoms with van der Waals surface area (Å²) in [6, 6.07) is 0. The molecule has 0 bridgehead atoms. The second-order valence-electron chi connectivity index (χ2n) is 5.57. The molecule has 0 saturated heterocycles. The number of imidazole rings is 1. The van der Waals surface area contributed by atoms with Crippen LogP contribution in [0.4, 0.5) is 0 Å². The molecule has 4 nitrogen and oxygen atoms in total. The fourth-order valence-corrected chi connectivity index (χ4v) is 2.78. The fourth-order valence-electron chi connectivity index (χ4n) is 2.78. The molecule has 1 N–H and O–H groups in total. The van der Waals surface area contributed by atoms with Crippen LogP contribution in [0.3, 0.4) is 0 Å². The third-order valence-corrected chi connectivity index (χ3v) is 3.85. The van der Waals surface area contributed by atoms with Crippen molar-refractivity contribution in [1.82, 2.24) is 14.9 Å². The Bertz CT molecular complexity index is 401. The topological polar surface area (TPSA) is 39.1 Å². The van der Waals surface area contributed by atoms with E-state index in [4.69, 9.17) is 9.72 Å². The van der Waals surface area contributed by atoms with Crippen LogP contribution < -0.4 is 5.32 Å². The van der Waals surface area contributed by atoms with Gasteiger partial charge in [-0.05, 0) is 19.3 Å². The number of aryl methyl sites for hydroxylation is 1. The predicted octanol–water partition coefficient (Wildman–Crippen LogP) is 2.69. The molecule has 1 aliphatic rings. The number of nitrogens with one attached hydrogen (secondary N) is 1. The molecule has 0 atom stereocenters. The van der Waals surface area contributed by atoms with Crippen LogP contribution in [0.15, 0.2) is 0 Å². The number of hydrogen-bond acceptors (Lipinski definition) is 3. The summed E-state index contributed by atoms with van der Waals surface area (Å²) in [5.41, 5.74) is 2.73. The number of nitrogens with zero attached hydrogens (tertiary/aromatic N) is 2. The highest BCUT2D eigenvalue weighted by molar-refractivity contribution is 5.20. The van der Waals surface area contributed by atoms with E-state index >= 15 is 0 Å². The molecule has 1 aliphatic heterocycles. The molecule has 114 valence electrons. The first-order valence-corrected chi connectivity index (χ1v) is 8.22. The van der Waals surface area contributed by atoms with Crippen molar-refractivity contribution >= 4 is 0 Å². The van der Waals surface area contributed by atoms with E-state index in [1.165, 1.54) is 30.1 Å². The summed E-state index contributed by atoms with van der Waals surface area (Å²) >= 11 is 0. The monoisotopic (exact) mass is 279 g/mol. The van der Waals surface area contributed by atoms with Crippen molar-refractivity contribution in [2.24, 2.45) is 0 Å². The van der Waals surface area contributed by atoms with Crippen molar-refractivity contribution in [3.05, 3.63) is 17.2 Å². The Hall–Kier alpha value is -0.870. The lowest BCUT2D eigenvalue weighted by molar-refractivity contribution is 0.125. The minimum atomic E-state index is 0.872. The maximum atomic E-state index is 5.67. The lowest BCUT2D eigenvalue weighted by Gasteiger charge is -2.16. The average molecular weight is 279 g/mol. The highest BCUT2D eigenvalue weighted by atomic mass is 16.5. The van der Waals surface area contributed by atoms with Crippen LogP contribution in [0.2, 0.25) is 0 Å². The first-order valence-electron chi connectivity index (χ1n) is 8.22. The minimum Gasteiger partial charge on any atom is -0.381 e. The van der Waals surface area contributed by atoms with Gasteiger partial charge < -0.3 is 14.6 Å².